The lowest BCUT2D eigenvalue weighted by Crippen LogP contribution is -2.39. The van der Waals surface area contributed by atoms with Crippen LogP contribution in [0.5, 0.6) is 0 Å². The molecule has 2 aromatic rings. The van der Waals surface area contributed by atoms with Crippen LogP contribution < -0.4 is 10.6 Å². The van der Waals surface area contributed by atoms with E-state index in [1.165, 1.54) is 11.3 Å². The van der Waals surface area contributed by atoms with Crippen molar-refractivity contribution in [2.45, 2.75) is 19.1 Å². The van der Waals surface area contributed by atoms with Gasteiger partial charge in [0.1, 0.15) is 0 Å². The fourth-order valence-electron chi connectivity index (χ4n) is 1.92. The van der Waals surface area contributed by atoms with Crippen molar-refractivity contribution >= 4 is 29.0 Å². The molecular formula is C15H17ClN2O2S. The largest absolute Gasteiger partial charge is 0.387 e. The predicted molar refractivity (Wildman–Crippen MR) is 85.7 cm³/mol. The molecule has 4 nitrogen and oxygen atoms in total. The van der Waals surface area contributed by atoms with Gasteiger partial charge in [0.15, 0.2) is 0 Å². The molecule has 6 heteroatoms. The Kier molecular flexibility index (Phi) is 5.61. The zero-order valence-corrected chi connectivity index (χ0v) is 13.1. The number of rotatable bonds is 5. The molecule has 0 spiro atoms. The number of carbonyl (C=O) groups is 1. The monoisotopic (exact) mass is 324 g/mol. The molecule has 0 aliphatic rings. The minimum atomic E-state index is -0.697. The number of hydrogen-bond acceptors (Lipinski definition) is 3. The van der Waals surface area contributed by atoms with Gasteiger partial charge >= 0.3 is 6.03 Å². The van der Waals surface area contributed by atoms with Gasteiger partial charge in [0.2, 0.25) is 0 Å². The number of nitrogens with one attached hydrogen (secondary N) is 2. The number of amides is 2. The Morgan fingerprint density at radius 2 is 2.14 bits per heavy atom. The second-order valence-corrected chi connectivity index (χ2v) is 5.86. The zero-order chi connectivity index (χ0) is 15.2. The van der Waals surface area contributed by atoms with Gasteiger partial charge in [0, 0.05) is 11.6 Å². The van der Waals surface area contributed by atoms with Crippen LogP contribution in [0.1, 0.15) is 30.2 Å². The summed E-state index contributed by atoms with van der Waals surface area (Å²) in [5, 5.41) is 19.7. The number of hydrogen-bond donors (Lipinski definition) is 3. The molecule has 2 unspecified atom stereocenters. The van der Waals surface area contributed by atoms with Crippen LogP contribution in [0.15, 0.2) is 41.1 Å². The molecule has 112 valence electrons. The molecule has 0 fully saturated rings. The highest BCUT2D eigenvalue weighted by molar-refractivity contribution is 7.07. The van der Waals surface area contributed by atoms with Crippen molar-refractivity contribution in [3.8, 4) is 0 Å². The molecule has 0 radical (unpaired) electrons. The predicted octanol–water partition coefficient (Wildman–Crippen LogP) is 3.50. The van der Waals surface area contributed by atoms with Gasteiger partial charge in [-0.25, -0.2) is 4.79 Å². The average Bonchev–Trinajstić information content (AvgIpc) is 2.99. The van der Waals surface area contributed by atoms with Crippen LogP contribution in [0, 0.1) is 0 Å². The summed E-state index contributed by atoms with van der Waals surface area (Å²) >= 11 is 7.60. The van der Waals surface area contributed by atoms with Gasteiger partial charge < -0.3 is 15.7 Å². The third kappa shape index (κ3) is 4.46. The second kappa shape index (κ2) is 7.45. The van der Waals surface area contributed by atoms with E-state index in [0.29, 0.717) is 5.02 Å². The Hall–Kier alpha value is -1.56. The van der Waals surface area contributed by atoms with Crippen LogP contribution in [0.4, 0.5) is 4.79 Å². The van der Waals surface area contributed by atoms with E-state index in [4.69, 9.17) is 11.6 Å². The van der Waals surface area contributed by atoms with Gasteiger partial charge in [-0.3, -0.25) is 0 Å². The van der Waals surface area contributed by atoms with Crippen molar-refractivity contribution in [2.75, 3.05) is 6.54 Å². The molecule has 0 saturated heterocycles. The molecule has 0 saturated carbocycles. The number of aliphatic hydroxyl groups excluding tert-OH is 1. The minimum absolute atomic E-state index is 0.164. The van der Waals surface area contributed by atoms with Crippen molar-refractivity contribution < 1.29 is 9.90 Å². The average molecular weight is 325 g/mol. The van der Waals surface area contributed by atoms with Gasteiger partial charge in [-0.2, -0.15) is 11.3 Å². The molecule has 3 N–H and O–H groups in total. The number of carbonyl (C=O) groups excluding carboxylic acids is 1. The summed E-state index contributed by atoms with van der Waals surface area (Å²) in [6, 6.07) is 8.66. The van der Waals surface area contributed by atoms with E-state index in [-0.39, 0.29) is 18.6 Å². The molecular weight excluding hydrogens is 308 g/mol. The van der Waals surface area contributed by atoms with E-state index >= 15 is 0 Å². The van der Waals surface area contributed by atoms with Crippen molar-refractivity contribution in [3.05, 3.63) is 57.2 Å². The Labute approximate surface area is 132 Å². The smallest absolute Gasteiger partial charge is 0.315 e. The summed E-state index contributed by atoms with van der Waals surface area (Å²) in [5.74, 6) is 0. The summed E-state index contributed by atoms with van der Waals surface area (Å²) < 4.78 is 0. The van der Waals surface area contributed by atoms with Crippen molar-refractivity contribution in [3.63, 3.8) is 0 Å². The summed E-state index contributed by atoms with van der Waals surface area (Å²) in [6.45, 7) is 2.02. The first kappa shape index (κ1) is 15.8. The topological polar surface area (TPSA) is 61.4 Å². The van der Waals surface area contributed by atoms with E-state index in [1.807, 2.05) is 41.9 Å². The minimum Gasteiger partial charge on any atom is -0.387 e. The highest BCUT2D eigenvalue weighted by Crippen LogP contribution is 2.22. The molecule has 0 aliphatic heterocycles. The lowest BCUT2D eigenvalue weighted by atomic mass is 10.1. The van der Waals surface area contributed by atoms with Crippen LogP contribution >= 0.6 is 22.9 Å². The number of aliphatic hydroxyl groups is 1. The summed E-state index contributed by atoms with van der Waals surface area (Å²) in [7, 11) is 0. The summed E-state index contributed by atoms with van der Waals surface area (Å²) in [4.78, 5) is 11.8. The van der Waals surface area contributed by atoms with Crippen LogP contribution in [0.25, 0.3) is 0 Å². The van der Waals surface area contributed by atoms with Gasteiger partial charge in [-0.1, -0.05) is 29.8 Å². The summed E-state index contributed by atoms with van der Waals surface area (Å²) in [5.41, 5.74) is 1.66. The molecule has 1 aromatic carbocycles. The summed E-state index contributed by atoms with van der Waals surface area (Å²) in [6.07, 6.45) is -0.697. The van der Waals surface area contributed by atoms with Gasteiger partial charge in [-0.15, -0.1) is 0 Å². The molecule has 1 aromatic heterocycles. The quantitative estimate of drug-likeness (QED) is 0.788. The van der Waals surface area contributed by atoms with E-state index in [2.05, 4.69) is 10.6 Å². The highest BCUT2D eigenvalue weighted by Gasteiger charge is 2.13. The van der Waals surface area contributed by atoms with Gasteiger partial charge in [0.05, 0.1) is 12.1 Å². The van der Waals surface area contributed by atoms with Crippen LogP contribution in [-0.4, -0.2) is 17.7 Å². The fraction of sp³-hybridized carbons (Fsp3) is 0.267. The third-order valence-electron chi connectivity index (χ3n) is 3.10. The first-order chi connectivity index (χ1) is 10.1. The Bertz CT molecular complexity index is 589. The maximum Gasteiger partial charge on any atom is 0.315 e. The standard InChI is InChI=1S/C15H17ClN2O2S/c1-10(12-4-2-3-5-13(12)16)18-15(20)17-8-14(19)11-6-7-21-9-11/h2-7,9-10,14,19H,8H2,1H3,(H2,17,18,20). The molecule has 2 atom stereocenters. The molecule has 2 rings (SSSR count). The van der Waals surface area contributed by atoms with Crippen molar-refractivity contribution in [1.82, 2.24) is 10.6 Å². The normalized spacial score (nSPS) is 13.5. The van der Waals surface area contributed by atoms with E-state index in [0.717, 1.165) is 11.1 Å². The van der Waals surface area contributed by atoms with Gasteiger partial charge in [0.25, 0.3) is 0 Å². The SMILES string of the molecule is CC(NC(=O)NCC(O)c1ccsc1)c1ccccc1Cl. The van der Waals surface area contributed by atoms with Crippen LogP contribution in [-0.2, 0) is 0 Å². The van der Waals surface area contributed by atoms with Crippen LogP contribution in [0.2, 0.25) is 5.02 Å². The second-order valence-electron chi connectivity index (χ2n) is 4.67. The third-order valence-corrected chi connectivity index (χ3v) is 4.15. The van der Waals surface area contributed by atoms with E-state index < -0.39 is 6.10 Å². The van der Waals surface area contributed by atoms with Crippen LogP contribution in [0.3, 0.4) is 0 Å². The van der Waals surface area contributed by atoms with E-state index in [1.54, 1.807) is 6.07 Å². The van der Waals surface area contributed by atoms with E-state index in [9.17, 15) is 9.90 Å². The first-order valence-electron chi connectivity index (χ1n) is 6.57. The first-order valence-corrected chi connectivity index (χ1v) is 7.89. The molecule has 1 heterocycles. The Morgan fingerprint density at radius 3 is 2.81 bits per heavy atom. The number of urea groups is 1. The molecule has 2 amide bonds. The number of benzene rings is 1. The van der Waals surface area contributed by atoms with Crippen molar-refractivity contribution in [1.29, 1.82) is 0 Å². The molecule has 0 aliphatic carbocycles. The fourth-order valence-corrected chi connectivity index (χ4v) is 2.93. The van der Waals surface area contributed by atoms with Gasteiger partial charge in [-0.05, 0) is 40.9 Å². The number of thiophene rings is 1. The Morgan fingerprint density at radius 1 is 1.38 bits per heavy atom. The molecule has 21 heavy (non-hydrogen) atoms. The lowest BCUT2D eigenvalue weighted by Gasteiger charge is -2.17. The maximum absolute atomic E-state index is 11.8. The lowest BCUT2D eigenvalue weighted by molar-refractivity contribution is 0.173. The number of halogens is 1. The maximum atomic E-state index is 11.8. The molecule has 0 bridgehead atoms. The highest BCUT2D eigenvalue weighted by atomic mass is 35.5. The van der Waals surface area contributed by atoms with Crippen molar-refractivity contribution in [2.24, 2.45) is 0 Å². The Balaban J connectivity index is 1.83. The zero-order valence-electron chi connectivity index (χ0n) is 11.5.